The summed E-state index contributed by atoms with van der Waals surface area (Å²) in [7, 11) is 0. The molecule has 0 bridgehead atoms. The first-order valence-corrected chi connectivity index (χ1v) is 34.4. The summed E-state index contributed by atoms with van der Waals surface area (Å²) in [4.78, 5) is 10.8. The molecule has 5 nitrogen and oxygen atoms in total. The average molecular weight is 1260 g/mol. The predicted molar refractivity (Wildman–Crippen MR) is 413 cm³/mol. The van der Waals surface area contributed by atoms with E-state index < -0.39 is 0 Å². The number of benzene rings is 14. The van der Waals surface area contributed by atoms with Crippen molar-refractivity contribution >= 4 is 65.4 Å². The molecule has 0 amide bonds. The van der Waals surface area contributed by atoms with Gasteiger partial charge < -0.3 is 13.7 Å². The van der Waals surface area contributed by atoms with Crippen LogP contribution in [0.5, 0.6) is 0 Å². The maximum absolute atomic E-state index is 5.43. The molecular formula is C94H65N5. The molecule has 4 aromatic heterocycles. The van der Waals surface area contributed by atoms with E-state index in [2.05, 4.69) is 363 Å². The van der Waals surface area contributed by atoms with E-state index in [0.717, 1.165) is 72.6 Å². The number of para-hydroxylation sites is 2. The highest BCUT2D eigenvalue weighted by Gasteiger charge is 2.37. The fraction of sp³-hybridized carbons (Fsp3) is 0.0638. The summed E-state index contributed by atoms with van der Waals surface area (Å²) in [6.07, 6.45) is 0. The lowest BCUT2D eigenvalue weighted by Crippen LogP contribution is -2.15. The van der Waals surface area contributed by atoms with Gasteiger partial charge in [-0.15, -0.1) is 0 Å². The van der Waals surface area contributed by atoms with Gasteiger partial charge in [-0.05, 0) is 169 Å². The second-order valence-corrected chi connectivity index (χ2v) is 28.1. The third-order valence-corrected chi connectivity index (χ3v) is 21.9. The van der Waals surface area contributed by atoms with Gasteiger partial charge >= 0.3 is 0 Å². The highest BCUT2D eigenvalue weighted by atomic mass is 15.0. The van der Waals surface area contributed by atoms with Crippen LogP contribution in [-0.2, 0) is 10.8 Å². The van der Waals surface area contributed by atoms with Crippen molar-refractivity contribution in [3.05, 3.63) is 344 Å². The fourth-order valence-corrected chi connectivity index (χ4v) is 16.9. The molecule has 466 valence electrons. The van der Waals surface area contributed by atoms with Gasteiger partial charge in [0.1, 0.15) is 0 Å². The third-order valence-electron chi connectivity index (χ3n) is 21.9. The third kappa shape index (κ3) is 8.73. The molecule has 0 spiro atoms. The number of nitrogens with zero attached hydrogens (tertiary/aromatic N) is 5. The Balaban J connectivity index is 0.749. The molecule has 18 aromatic rings. The monoisotopic (exact) mass is 1260 g/mol. The van der Waals surface area contributed by atoms with E-state index in [0.29, 0.717) is 5.82 Å². The van der Waals surface area contributed by atoms with Crippen LogP contribution in [0.25, 0.3) is 172 Å². The Hall–Kier alpha value is -12.4. The molecule has 2 aliphatic carbocycles. The lowest BCUT2D eigenvalue weighted by Gasteiger charge is -2.22. The Kier molecular flexibility index (Phi) is 12.4. The number of rotatable bonds is 9. The van der Waals surface area contributed by atoms with Gasteiger partial charge in [0, 0.05) is 76.9 Å². The van der Waals surface area contributed by atoms with Crippen LogP contribution in [0.15, 0.2) is 322 Å². The van der Waals surface area contributed by atoms with Crippen LogP contribution in [-0.4, -0.2) is 23.7 Å². The van der Waals surface area contributed by atoms with Crippen molar-refractivity contribution in [3.8, 4) is 107 Å². The average Bonchev–Trinajstić information content (AvgIpc) is 1.61. The van der Waals surface area contributed by atoms with Gasteiger partial charge in [-0.3, -0.25) is 0 Å². The molecule has 20 rings (SSSR count). The SMILES string of the molecule is CC1(C)c2ccccc2-c2ccc(-n3c4ccccc4c4cc(-c5ccc6c7ccc(-c8ccc9c(c8)c8ccccc8n9-c8ccc9c(c8)C(C)(C)c8ccccc8-9)cc7n(-c7cccc(-c8nc(-c9ccccc9)cc(-c9ccc(-c%10ccccc%10)cc9)n8)c7)c6c5)ccc43)cc21. The summed E-state index contributed by atoms with van der Waals surface area (Å²) in [6.45, 7) is 9.46. The second-order valence-electron chi connectivity index (χ2n) is 28.1. The first-order valence-electron chi connectivity index (χ1n) is 34.4. The highest BCUT2D eigenvalue weighted by Crippen LogP contribution is 2.52. The highest BCUT2D eigenvalue weighted by molar-refractivity contribution is 6.14. The molecule has 0 unspecified atom stereocenters. The van der Waals surface area contributed by atoms with E-state index >= 15 is 0 Å². The van der Waals surface area contributed by atoms with E-state index in [9.17, 15) is 0 Å². The van der Waals surface area contributed by atoms with Crippen molar-refractivity contribution in [1.82, 2.24) is 23.7 Å². The van der Waals surface area contributed by atoms with Crippen molar-refractivity contribution in [2.24, 2.45) is 0 Å². The maximum atomic E-state index is 5.43. The lowest BCUT2D eigenvalue weighted by molar-refractivity contribution is 0.660. The summed E-state index contributed by atoms with van der Waals surface area (Å²) in [6, 6.07) is 119. The van der Waals surface area contributed by atoms with E-state index in [1.54, 1.807) is 0 Å². The molecule has 0 fully saturated rings. The van der Waals surface area contributed by atoms with Crippen molar-refractivity contribution in [3.63, 3.8) is 0 Å². The van der Waals surface area contributed by atoms with Crippen molar-refractivity contribution in [2.45, 2.75) is 38.5 Å². The molecule has 14 aromatic carbocycles. The zero-order chi connectivity index (χ0) is 65.8. The van der Waals surface area contributed by atoms with Gasteiger partial charge in [-0.25, -0.2) is 9.97 Å². The van der Waals surface area contributed by atoms with Crippen molar-refractivity contribution in [1.29, 1.82) is 0 Å². The van der Waals surface area contributed by atoms with Crippen molar-refractivity contribution in [2.75, 3.05) is 0 Å². The van der Waals surface area contributed by atoms with Gasteiger partial charge in [0.25, 0.3) is 0 Å². The minimum absolute atomic E-state index is 0.118. The van der Waals surface area contributed by atoms with Gasteiger partial charge in [0.05, 0.1) is 44.5 Å². The van der Waals surface area contributed by atoms with Crippen LogP contribution in [0.4, 0.5) is 0 Å². The lowest BCUT2D eigenvalue weighted by atomic mass is 9.82. The maximum Gasteiger partial charge on any atom is 0.160 e. The van der Waals surface area contributed by atoms with Crippen LogP contribution in [0.1, 0.15) is 49.9 Å². The minimum Gasteiger partial charge on any atom is -0.309 e. The van der Waals surface area contributed by atoms with Gasteiger partial charge in [-0.2, -0.15) is 0 Å². The molecule has 0 aliphatic heterocycles. The van der Waals surface area contributed by atoms with E-state index in [4.69, 9.17) is 9.97 Å². The molecule has 99 heavy (non-hydrogen) atoms. The standard InChI is InChI=1S/C94H65N5/c1-93(2)80-30-15-11-26-70(80)72-46-42-68(55-82(72)93)97-86-32-17-13-28-74(86)78-51-62(40-48-88(78)97)64-38-44-76-77-45-39-65(63-41-49-89-79(52-63)75-29-14-18-33-87(75)98(89)69-43-47-73-71-27-12-16-31-81(71)94(3,4)83(73)56-69)54-91(77)99(90(76)53-64)67-25-19-24-66(50-67)92-95-84(60-22-9-6-10-23-60)57-85(96-92)61-36-34-59(35-37-61)58-20-7-5-8-21-58/h5-57H,1-4H3. The first-order chi connectivity index (χ1) is 48.6. The Morgan fingerprint density at radius 1 is 0.212 bits per heavy atom. The summed E-state index contributed by atoms with van der Waals surface area (Å²) >= 11 is 0. The van der Waals surface area contributed by atoms with Crippen LogP contribution >= 0.6 is 0 Å². The quantitative estimate of drug-likeness (QED) is 0.144. The molecule has 0 atom stereocenters. The normalized spacial score (nSPS) is 13.4. The summed E-state index contributed by atoms with van der Waals surface area (Å²) in [5.41, 5.74) is 32.5. The van der Waals surface area contributed by atoms with Crippen LogP contribution in [0.3, 0.4) is 0 Å². The van der Waals surface area contributed by atoms with E-state index in [1.165, 1.54) is 116 Å². The molecular weight excluding hydrogens is 1200 g/mol. The Morgan fingerprint density at radius 2 is 0.576 bits per heavy atom. The van der Waals surface area contributed by atoms with Crippen LogP contribution < -0.4 is 0 Å². The zero-order valence-corrected chi connectivity index (χ0v) is 55.3. The Bertz CT molecular complexity index is 6110. The molecule has 0 saturated carbocycles. The topological polar surface area (TPSA) is 40.6 Å². The largest absolute Gasteiger partial charge is 0.309 e. The van der Waals surface area contributed by atoms with Crippen molar-refractivity contribution < 1.29 is 0 Å². The predicted octanol–water partition coefficient (Wildman–Crippen LogP) is 24.4. The zero-order valence-electron chi connectivity index (χ0n) is 55.3. The molecule has 4 heterocycles. The molecule has 2 aliphatic rings. The first kappa shape index (κ1) is 56.9. The number of hydrogen-bond acceptors (Lipinski definition) is 2. The summed E-state index contributed by atoms with van der Waals surface area (Å²) in [5, 5.41) is 7.24. The van der Waals surface area contributed by atoms with Gasteiger partial charge in [-0.1, -0.05) is 258 Å². The molecule has 0 saturated heterocycles. The minimum atomic E-state index is -0.118. The van der Waals surface area contributed by atoms with E-state index in [-0.39, 0.29) is 10.8 Å². The molecule has 0 N–H and O–H groups in total. The fourth-order valence-electron chi connectivity index (χ4n) is 16.9. The number of aromatic nitrogens is 5. The Morgan fingerprint density at radius 3 is 1.11 bits per heavy atom. The molecule has 0 radical (unpaired) electrons. The van der Waals surface area contributed by atoms with Crippen LogP contribution in [0.2, 0.25) is 0 Å². The second kappa shape index (κ2) is 21.5. The molecule has 5 heteroatoms. The van der Waals surface area contributed by atoms with Crippen LogP contribution in [0, 0.1) is 0 Å². The van der Waals surface area contributed by atoms with Gasteiger partial charge in [0.15, 0.2) is 5.82 Å². The van der Waals surface area contributed by atoms with Gasteiger partial charge in [0.2, 0.25) is 0 Å². The number of hydrogen-bond donors (Lipinski definition) is 0. The summed E-state index contributed by atoms with van der Waals surface area (Å²) in [5.74, 6) is 0.657. The summed E-state index contributed by atoms with van der Waals surface area (Å²) < 4.78 is 7.40. The van der Waals surface area contributed by atoms with E-state index in [1.807, 2.05) is 0 Å². The smallest absolute Gasteiger partial charge is 0.160 e. The Labute approximate surface area is 574 Å². The number of fused-ring (bicyclic) bond motifs is 15.